The number of hydrogen-bond donors (Lipinski definition) is 0. The van der Waals surface area contributed by atoms with Crippen LogP contribution in [0.3, 0.4) is 0 Å². The molecule has 5 rings (SSSR count). The predicted octanol–water partition coefficient (Wildman–Crippen LogP) is 6.61. The van der Waals surface area contributed by atoms with E-state index in [0.29, 0.717) is 0 Å². The van der Waals surface area contributed by atoms with Gasteiger partial charge >= 0.3 is 0 Å². The van der Waals surface area contributed by atoms with Gasteiger partial charge in [-0.3, -0.25) is 0 Å². The Bertz CT molecular complexity index is 1210. The summed E-state index contributed by atoms with van der Waals surface area (Å²) in [5.74, 6) is 0. The highest BCUT2D eigenvalue weighted by molar-refractivity contribution is 6.17. The predicted molar refractivity (Wildman–Crippen MR) is 101 cm³/mol. The zero-order chi connectivity index (χ0) is 15.4. The van der Waals surface area contributed by atoms with E-state index in [1.165, 1.54) is 48.7 Å². The van der Waals surface area contributed by atoms with Gasteiger partial charge in [0.2, 0.25) is 0 Å². The fraction of sp³-hybridized carbons (Fsp3) is 0.0435. The Kier molecular flexibility index (Phi) is 2.51. The molecule has 0 spiro atoms. The van der Waals surface area contributed by atoms with Crippen LogP contribution >= 0.6 is 0 Å². The van der Waals surface area contributed by atoms with Gasteiger partial charge in [0.15, 0.2) is 0 Å². The molecule has 0 aliphatic carbocycles. The molecule has 0 bridgehead atoms. The van der Waals surface area contributed by atoms with Crippen LogP contribution in [0.5, 0.6) is 0 Å². The number of rotatable bonds is 0. The lowest BCUT2D eigenvalue weighted by Crippen LogP contribution is -1.84. The Morgan fingerprint density at radius 3 is 2.04 bits per heavy atom. The molecule has 0 aliphatic heterocycles. The lowest BCUT2D eigenvalue weighted by atomic mass is 9.94. The summed E-state index contributed by atoms with van der Waals surface area (Å²) < 4.78 is 0. The minimum atomic E-state index is 1.30. The minimum Gasteiger partial charge on any atom is -0.0616 e. The van der Waals surface area contributed by atoms with Crippen LogP contribution in [0.1, 0.15) is 5.56 Å². The van der Waals surface area contributed by atoms with Gasteiger partial charge < -0.3 is 0 Å². The van der Waals surface area contributed by atoms with Crippen molar-refractivity contribution in [2.24, 2.45) is 0 Å². The molecule has 0 N–H and O–H groups in total. The van der Waals surface area contributed by atoms with E-state index in [0.717, 1.165) is 0 Å². The van der Waals surface area contributed by atoms with Crippen LogP contribution in [0.2, 0.25) is 0 Å². The summed E-state index contributed by atoms with van der Waals surface area (Å²) >= 11 is 0. The first-order chi connectivity index (χ1) is 11.3. The van der Waals surface area contributed by atoms with E-state index in [2.05, 4.69) is 85.8 Å². The second kappa shape index (κ2) is 4.57. The molecule has 0 radical (unpaired) electrons. The molecule has 0 saturated heterocycles. The topological polar surface area (TPSA) is 0 Å². The van der Waals surface area contributed by atoms with Gasteiger partial charge in [0.25, 0.3) is 0 Å². The van der Waals surface area contributed by atoms with Crippen molar-refractivity contribution >= 4 is 43.1 Å². The monoisotopic (exact) mass is 292 g/mol. The lowest BCUT2D eigenvalue weighted by Gasteiger charge is -2.10. The van der Waals surface area contributed by atoms with Crippen molar-refractivity contribution in [2.45, 2.75) is 6.92 Å². The quantitative estimate of drug-likeness (QED) is 0.222. The Balaban J connectivity index is 2.03. The molecule has 0 aromatic heterocycles. The summed E-state index contributed by atoms with van der Waals surface area (Å²) in [5, 5.41) is 10.6. The Labute approximate surface area is 135 Å². The Hall–Kier alpha value is -2.86. The van der Waals surface area contributed by atoms with Crippen molar-refractivity contribution in [2.75, 3.05) is 0 Å². The van der Waals surface area contributed by atoms with Gasteiger partial charge in [-0.25, -0.2) is 0 Å². The van der Waals surface area contributed by atoms with Crippen LogP contribution < -0.4 is 0 Å². The van der Waals surface area contributed by atoms with Crippen molar-refractivity contribution in [3.63, 3.8) is 0 Å². The first-order valence-electron chi connectivity index (χ1n) is 8.05. The maximum atomic E-state index is 2.35. The summed E-state index contributed by atoms with van der Waals surface area (Å²) in [6.45, 7) is 2.20. The number of hydrogen-bond acceptors (Lipinski definition) is 0. The van der Waals surface area contributed by atoms with E-state index in [1.54, 1.807) is 0 Å². The van der Waals surface area contributed by atoms with Crippen molar-refractivity contribution in [1.82, 2.24) is 0 Å². The van der Waals surface area contributed by atoms with Crippen LogP contribution in [0, 0.1) is 6.92 Å². The summed E-state index contributed by atoms with van der Waals surface area (Å²) in [7, 11) is 0. The van der Waals surface area contributed by atoms with E-state index < -0.39 is 0 Å². The average molecular weight is 292 g/mol. The molecule has 23 heavy (non-hydrogen) atoms. The molecule has 5 aromatic carbocycles. The molecule has 0 saturated carbocycles. The zero-order valence-electron chi connectivity index (χ0n) is 13.0. The van der Waals surface area contributed by atoms with Crippen LogP contribution in [-0.4, -0.2) is 0 Å². The third-order valence-corrected chi connectivity index (χ3v) is 4.93. The molecule has 0 atom stereocenters. The maximum absolute atomic E-state index is 2.35. The second-order valence-electron chi connectivity index (χ2n) is 6.32. The molecular weight excluding hydrogens is 276 g/mol. The highest BCUT2D eigenvalue weighted by atomic mass is 14.1. The number of aryl methyl sites for hydroxylation is 1. The Morgan fingerprint density at radius 1 is 0.478 bits per heavy atom. The standard InChI is InChI=1S/C23H16/c1-15-5-4-7-17-10-12-19-13-21-18(14-22(19)23(15)17)11-9-16-6-2-3-8-20(16)21/h2-14H,1H3. The zero-order valence-corrected chi connectivity index (χ0v) is 13.0. The maximum Gasteiger partial charge on any atom is -0.00759 e. The smallest absolute Gasteiger partial charge is 0.00759 e. The van der Waals surface area contributed by atoms with E-state index in [1.807, 2.05) is 0 Å². The number of benzene rings is 5. The van der Waals surface area contributed by atoms with Crippen LogP contribution in [0.4, 0.5) is 0 Å². The lowest BCUT2D eigenvalue weighted by molar-refractivity contribution is 1.54. The molecule has 0 heteroatoms. The normalized spacial score (nSPS) is 11.7. The summed E-state index contributed by atoms with van der Waals surface area (Å²) in [6.07, 6.45) is 0. The van der Waals surface area contributed by atoms with Crippen LogP contribution in [0.15, 0.2) is 78.9 Å². The van der Waals surface area contributed by atoms with Gasteiger partial charge in [-0.15, -0.1) is 0 Å². The molecule has 0 nitrogen and oxygen atoms in total. The minimum absolute atomic E-state index is 1.30. The van der Waals surface area contributed by atoms with Crippen molar-refractivity contribution in [3.05, 3.63) is 84.4 Å². The van der Waals surface area contributed by atoms with E-state index >= 15 is 0 Å². The molecule has 0 fully saturated rings. The van der Waals surface area contributed by atoms with Gasteiger partial charge in [-0.1, -0.05) is 66.7 Å². The summed E-state index contributed by atoms with van der Waals surface area (Å²) in [6, 6.07) is 28.8. The second-order valence-corrected chi connectivity index (χ2v) is 6.32. The Morgan fingerprint density at radius 2 is 1.13 bits per heavy atom. The van der Waals surface area contributed by atoms with Crippen molar-refractivity contribution < 1.29 is 0 Å². The molecule has 0 heterocycles. The SMILES string of the molecule is Cc1cccc2ccc3cc4c(ccc5ccccc54)cc3c12. The largest absolute Gasteiger partial charge is 0.0616 e. The van der Waals surface area contributed by atoms with Crippen LogP contribution in [0.25, 0.3) is 43.1 Å². The van der Waals surface area contributed by atoms with Gasteiger partial charge in [-0.05, 0) is 67.7 Å². The molecule has 5 aromatic rings. The van der Waals surface area contributed by atoms with Gasteiger partial charge in [0.1, 0.15) is 0 Å². The van der Waals surface area contributed by atoms with Crippen LogP contribution in [-0.2, 0) is 0 Å². The summed E-state index contributed by atoms with van der Waals surface area (Å²) in [5.41, 5.74) is 1.34. The molecule has 0 amide bonds. The van der Waals surface area contributed by atoms with Crippen molar-refractivity contribution in [1.29, 1.82) is 0 Å². The van der Waals surface area contributed by atoms with Gasteiger partial charge in [-0.2, -0.15) is 0 Å². The van der Waals surface area contributed by atoms with Crippen molar-refractivity contribution in [3.8, 4) is 0 Å². The van der Waals surface area contributed by atoms with Gasteiger partial charge in [0.05, 0.1) is 0 Å². The molecule has 108 valence electrons. The van der Waals surface area contributed by atoms with Gasteiger partial charge in [0, 0.05) is 0 Å². The number of fused-ring (bicyclic) bond motifs is 6. The fourth-order valence-electron chi connectivity index (χ4n) is 3.80. The third-order valence-electron chi connectivity index (χ3n) is 4.93. The fourth-order valence-corrected chi connectivity index (χ4v) is 3.80. The molecule has 0 unspecified atom stereocenters. The molecule has 0 aliphatic rings. The third kappa shape index (κ3) is 1.78. The average Bonchev–Trinajstić information content (AvgIpc) is 2.60. The highest BCUT2D eigenvalue weighted by Gasteiger charge is 2.07. The van der Waals surface area contributed by atoms with E-state index in [4.69, 9.17) is 0 Å². The van der Waals surface area contributed by atoms with E-state index in [-0.39, 0.29) is 0 Å². The highest BCUT2D eigenvalue weighted by Crippen LogP contribution is 2.34. The first-order valence-corrected chi connectivity index (χ1v) is 8.05. The summed E-state index contributed by atoms with van der Waals surface area (Å²) in [4.78, 5) is 0. The molecular formula is C23H16. The first kappa shape index (κ1) is 12.7. The van der Waals surface area contributed by atoms with E-state index in [9.17, 15) is 0 Å².